The van der Waals surface area contributed by atoms with Crippen LogP contribution in [-0.4, -0.2) is 35.2 Å². The zero-order valence-corrected chi connectivity index (χ0v) is 12.2. The minimum Gasteiger partial charge on any atom is -0.494 e. The van der Waals surface area contributed by atoms with Gasteiger partial charge in [0.1, 0.15) is 0 Å². The van der Waals surface area contributed by atoms with Gasteiger partial charge in [-0.05, 0) is 26.0 Å². The van der Waals surface area contributed by atoms with Crippen molar-refractivity contribution in [3.05, 3.63) is 24.0 Å². The highest BCUT2D eigenvalue weighted by Gasteiger charge is 2.15. The first kappa shape index (κ1) is 15.0. The number of nitrogens with zero attached hydrogens (tertiary/aromatic N) is 3. The molecule has 1 aromatic heterocycles. The Hall–Kier alpha value is -2.44. The van der Waals surface area contributed by atoms with Crippen molar-refractivity contribution in [1.29, 1.82) is 0 Å². The summed E-state index contributed by atoms with van der Waals surface area (Å²) >= 11 is 0. The zero-order valence-electron chi connectivity index (χ0n) is 12.2. The summed E-state index contributed by atoms with van der Waals surface area (Å²) in [5.74, 6) is 0.154. The topological polar surface area (TPSA) is 69.2 Å². The second kappa shape index (κ2) is 6.83. The average molecular weight is 292 g/mol. The standard InChI is InChI=1S/C14H17FN4O2/c1-4-16-13-17-12(18-14(19-13)21-5-2)9-7-6-8-10(20-3)11(9)15/h6-8H,4-5H2,1-3H3,(H,16,17,18,19). The number of aromatic nitrogens is 3. The second-order valence-electron chi connectivity index (χ2n) is 4.05. The fourth-order valence-corrected chi connectivity index (χ4v) is 1.75. The number of hydrogen-bond acceptors (Lipinski definition) is 6. The van der Waals surface area contributed by atoms with Crippen LogP contribution in [0, 0.1) is 5.82 Å². The van der Waals surface area contributed by atoms with Crippen molar-refractivity contribution in [2.24, 2.45) is 0 Å². The molecule has 0 saturated heterocycles. The summed E-state index contributed by atoms with van der Waals surface area (Å²) in [6.07, 6.45) is 0. The lowest BCUT2D eigenvalue weighted by atomic mass is 10.2. The predicted octanol–water partition coefficient (Wildman–Crippen LogP) is 2.52. The van der Waals surface area contributed by atoms with E-state index in [9.17, 15) is 4.39 Å². The third-order valence-electron chi connectivity index (χ3n) is 2.65. The maximum atomic E-state index is 14.3. The molecule has 0 amide bonds. The van der Waals surface area contributed by atoms with Crippen molar-refractivity contribution in [2.45, 2.75) is 13.8 Å². The first-order valence-electron chi connectivity index (χ1n) is 6.65. The largest absolute Gasteiger partial charge is 0.494 e. The van der Waals surface area contributed by atoms with E-state index in [0.29, 0.717) is 19.1 Å². The van der Waals surface area contributed by atoms with Gasteiger partial charge in [-0.2, -0.15) is 15.0 Å². The number of benzene rings is 1. The lowest BCUT2D eigenvalue weighted by molar-refractivity contribution is 0.312. The molecule has 0 spiro atoms. The summed E-state index contributed by atoms with van der Waals surface area (Å²) in [6.45, 7) is 4.78. The molecule has 0 aliphatic rings. The molecule has 0 saturated carbocycles. The van der Waals surface area contributed by atoms with E-state index in [0.717, 1.165) is 0 Å². The number of rotatable bonds is 6. The highest BCUT2D eigenvalue weighted by Crippen LogP contribution is 2.27. The monoisotopic (exact) mass is 292 g/mol. The Kier molecular flexibility index (Phi) is 4.86. The van der Waals surface area contributed by atoms with Gasteiger partial charge in [0.05, 0.1) is 19.3 Å². The molecule has 1 aromatic carbocycles. The van der Waals surface area contributed by atoms with Crippen LogP contribution in [-0.2, 0) is 0 Å². The van der Waals surface area contributed by atoms with Gasteiger partial charge in [0.25, 0.3) is 0 Å². The van der Waals surface area contributed by atoms with Gasteiger partial charge in [0, 0.05) is 6.54 Å². The van der Waals surface area contributed by atoms with Crippen LogP contribution in [0.1, 0.15) is 13.8 Å². The van der Waals surface area contributed by atoms with E-state index in [1.54, 1.807) is 12.1 Å². The minimum atomic E-state index is -0.518. The Bertz CT molecular complexity index is 598. The molecule has 1 N–H and O–H groups in total. The van der Waals surface area contributed by atoms with Gasteiger partial charge >= 0.3 is 6.01 Å². The molecule has 0 radical (unpaired) electrons. The number of methoxy groups -OCH3 is 1. The molecule has 0 aliphatic carbocycles. The third-order valence-corrected chi connectivity index (χ3v) is 2.65. The van der Waals surface area contributed by atoms with Crippen LogP contribution >= 0.6 is 0 Å². The molecule has 0 bridgehead atoms. The van der Waals surface area contributed by atoms with Gasteiger partial charge in [-0.3, -0.25) is 0 Å². The maximum Gasteiger partial charge on any atom is 0.321 e. The average Bonchev–Trinajstić information content (AvgIpc) is 2.48. The van der Waals surface area contributed by atoms with Crippen molar-refractivity contribution >= 4 is 5.95 Å². The molecular weight excluding hydrogens is 275 g/mol. The zero-order chi connectivity index (χ0) is 15.2. The lowest BCUT2D eigenvalue weighted by Crippen LogP contribution is -2.08. The minimum absolute atomic E-state index is 0.135. The van der Waals surface area contributed by atoms with Crippen LogP contribution in [0.4, 0.5) is 10.3 Å². The number of ether oxygens (including phenoxy) is 2. The highest BCUT2D eigenvalue weighted by atomic mass is 19.1. The van der Waals surface area contributed by atoms with E-state index in [4.69, 9.17) is 9.47 Å². The van der Waals surface area contributed by atoms with E-state index in [1.165, 1.54) is 13.2 Å². The molecule has 2 aromatic rings. The molecule has 6 nitrogen and oxygen atoms in total. The quantitative estimate of drug-likeness (QED) is 0.882. The molecule has 2 rings (SSSR count). The summed E-state index contributed by atoms with van der Waals surface area (Å²) in [5, 5.41) is 2.97. The third kappa shape index (κ3) is 3.36. The second-order valence-corrected chi connectivity index (χ2v) is 4.05. The Labute approximate surface area is 122 Å². The van der Waals surface area contributed by atoms with Gasteiger partial charge < -0.3 is 14.8 Å². The highest BCUT2D eigenvalue weighted by molar-refractivity contribution is 5.60. The molecule has 7 heteroatoms. The SMILES string of the molecule is CCNc1nc(OCC)nc(-c2cccc(OC)c2F)n1. The van der Waals surface area contributed by atoms with Crippen molar-refractivity contribution in [2.75, 3.05) is 25.6 Å². The first-order valence-corrected chi connectivity index (χ1v) is 6.65. The molecule has 112 valence electrons. The van der Waals surface area contributed by atoms with E-state index in [1.807, 2.05) is 13.8 Å². The Morgan fingerprint density at radius 3 is 2.67 bits per heavy atom. The van der Waals surface area contributed by atoms with Crippen molar-refractivity contribution in [3.63, 3.8) is 0 Å². The number of hydrogen-bond donors (Lipinski definition) is 1. The summed E-state index contributed by atoms with van der Waals surface area (Å²) in [4.78, 5) is 12.4. The van der Waals surface area contributed by atoms with Crippen LogP contribution in [0.25, 0.3) is 11.4 Å². The number of anilines is 1. The molecule has 1 heterocycles. The van der Waals surface area contributed by atoms with E-state index >= 15 is 0 Å². The van der Waals surface area contributed by atoms with E-state index in [-0.39, 0.29) is 23.1 Å². The summed E-state index contributed by atoms with van der Waals surface area (Å²) in [5.41, 5.74) is 0.233. The molecule has 0 fully saturated rings. The summed E-state index contributed by atoms with van der Waals surface area (Å²) < 4.78 is 24.6. The fourth-order valence-electron chi connectivity index (χ4n) is 1.75. The molecule has 0 unspecified atom stereocenters. The lowest BCUT2D eigenvalue weighted by Gasteiger charge is -2.09. The summed E-state index contributed by atoms with van der Waals surface area (Å²) in [7, 11) is 1.41. The molecule has 0 atom stereocenters. The maximum absolute atomic E-state index is 14.3. The van der Waals surface area contributed by atoms with Crippen molar-refractivity contribution in [1.82, 2.24) is 15.0 Å². The van der Waals surface area contributed by atoms with Crippen LogP contribution in [0.15, 0.2) is 18.2 Å². The van der Waals surface area contributed by atoms with E-state index < -0.39 is 5.82 Å². The smallest absolute Gasteiger partial charge is 0.321 e. The normalized spacial score (nSPS) is 10.3. The van der Waals surface area contributed by atoms with Crippen LogP contribution in [0.2, 0.25) is 0 Å². The number of halogens is 1. The van der Waals surface area contributed by atoms with Gasteiger partial charge in [-0.15, -0.1) is 0 Å². The summed E-state index contributed by atoms with van der Waals surface area (Å²) in [6, 6.07) is 4.95. The van der Waals surface area contributed by atoms with Gasteiger partial charge in [0.15, 0.2) is 17.4 Å². The van der Waals surface area contributed by atoms with Gasteiger partial charge in [-0.1, -0.05) is 6.07 Å². The van der Waals surface area contributed by atoms with Gasteiger partial charge in [-0.25, -0.2) is 4.39 Å². The predicted molar refractivity (Wildman–Crippen MR) is 77.1 cm³/mol. The Morgan fingerprint density at radius 2 is 2.00 bits per heavy atom. The molecule has 21 heavy (non-hydrogen) atoms. The van der Waals surface area contributed by atoms with Crippen molar-refractivity contribution in [3.8, 4) is 23.1 Å². The van der Waals surface area contributed by atoms with Crippen molar-refractivity contribution < 1.29 is 13.9 Å². The fraction of sp³-hybridized carbons (Fsp3) is 0.357. The van der Waals surface area contributed by atoms with Gasteiger partial charge in [0.2, 0.25) is 5.95 Å². The Balaban J connectivity index is 2.51. The van der Waals surface area contributed by atoms with Crippen LogP contribution in [0.3, 0.4) is 0 Å². The van der Waals surface area contributed by atoms with E-state index in [2.05, 4.69) is 20.3 Å². The van der Waals surface area contributed by atoms with Crippen LogP contribution in [0.5, 0.6) is 11.8 Å². The number of nitrogens with one attached hydrogen (secondary N) is 1. The van der Waals surface area contributed by atoms with Crippen LogP contribution < -0.4 is 14.8 Å². The first-order chi connectivity index (χ1) is 10.2. The molecular formula is C14H17FN4O2. The Morgan fingerprint density at radius 1 is 1.19 bits per heavy atom. The molecule has 0 aliphatic heterocycles.